The van der Waals surface area contributed by atoms with Gasteiger partial charge in [0.2, 0.25) is 5.78 Å². The van der Waals surface area contributed by atoms with Crippen molar-refractivity contribution in [3.05, 3.63) is 39.9 Å². The first-order chi connectivity index (χ1) is 9.56. The molecular weight excluding hydrogens is 258 g/mol. The quantitative estimate of drug-likeness (QED) is 0.348. The monoisotopic (exact) mass is 273 g/mol. The van der Waals surface area contributed by atoms with Gasteiger partial charge >= 0.3 is 0 Å². The Balaban J connectivity index is 2.00. The van der Waals surface area contributed by atoms with E-state index in [0.29, 0.717) is 5.56 Å². The number of carbonyl (C=O) groups is 1. The Labute approximate surface area is 117 Å². The summed E-state index contributed by atoms with van der Waals surface area (Å²) in [5, 5.41) is 10.5. The Kier molecular flexibility index (Phi) is 4.33. The maximum absolute atomic E-state index is 11.9. The molecule has 1 aliphatic heterocycles. The van der Waals surface area contributed by atoms with Crippen LogP contribution in [0, 0.1) is 22.1 Å². The maximum Gasteiger partial charge on any atom is 0.269 e. The van der Waals surface area contributed by atoms with Crippen LogP contribution in [-0.4, -0.2) is 53.7 Å². The van der Waals surface area contributed by atoms with Crippen molar-refractivity contribution < 1.29 is 9.72 Å². The second kappa shape index (κ2) is 6.17. The third kappa shape index (κ3) is 3.56. The summed E-state index contributed by atoms with van der Waals surface area (Å²) in [7, 11) is 2.05. The summed E-state index contributed by atoms with van der Waals surface area (Å²) in [6, 6.07) is 8.33. The first-order valence-corrected chi connectivity index (χ1v) is 6.30. The van der Waals surface area contributed by atoms with Crippen molar-refractivity contribution in [3.63, 3.8) is 0 Å². The highest BCUT2D eigenvalue weighted by Crippen LogP contribution is 2.12. The zero-order chi connectivity index (χ0) is 14.5. The Morgan fingerprint density at radius 2 is 1.80 bits per heavy atom. The summed E-state index contributed by atoms with van der Waals surface area (Å²) in [6.07, 6.45) is 0. The SMILES string of the molecule is CN1CCN(C#CC(=O)c2ccc([N+](=O)[O-])cc2)CC1. The molecule has 6 heteroatoms. The van der Waals surface area contributed by atoms with Crippen molar-refractivity contribution >= 4 is 11.5 Å². The number of benzene rings is 1. The highest BCUT2D eigenvalue weighted by molar-refractivity contribution is 6.09. The number of ketones is 1. The molecule has 0 aliphatic carbocycles. The number of rotatable bonds is 2. The lowest BCUT2D eigenvalue weighted by Gasteiger charge is -2.29. The molecule has 1 fully saturated rings. The topological polar surface area (TPSA) is 66.7 Å². The molecular formula is C14H15N3O3. The number of non-ortho nitro benzene ring substituents is 1. The number of carbonyl (C=O) groups excluding carboxylic acids is 1. The van der Waals surface area contributed by atoms with Crippen LogP contribution in [0.4, 0.5) is 5.69 Å². The minimum atomic E-state index is -0.496. The Bertz CT molecular complexity index is 564. The van der Waals surface area contributed by atoms with Gasteiger partial charge in [0.05, 0.1) is 4.92 Å². The van der Waals surface area contributed by atoms with Crippen molar-refractivity contribution in [2.24, 2.45) is 0 Å². The van der Waals surface area contributed by atoms with Crippen LogP contribution in [0.25, 0.3) is 0 Å². The van der Waals surface area contributed by atoms with Crippen LogP contribution in [0.5, 0.6) is 0 Å². The fourth-order valence-corrected chi connectivity index (χ4v) is 1.85. The average molecular weight is 273 g/mol. The van der Waals surface area contributed by atoms with E-state index in [1.807, 2.05) is 11.9 Å². The van der Waals surface area contributed by atoms with Crippen LogP contribution < -0.4 is 0 Å². The fourth-order valence-electron chi connectivity index (χ4n) is 1.85. The van der Waals surface area contributed by atoms with Gasteiger partial charge < -0.3 is 9.80 Å². The molecule has 1 heterocycles. The van der Waals surface area contributed by atoms with Crippen LogP contribution in [-0.2, 0) is 0 Å². The normalized spacial score (nSPS) is 15.3. The second-order valence-electron chi connectivity index (χ2n) is 4.66. The van der Waals surface area contributed by atoms with Gasteiger partial charge in [-0.25, -0.2) is 0 Å². The van der Waals surface area contributed by atoms with Gasteiger partial charge in [0, 0.05) is 49.9 Å². The van der Waals surface area contributed by atoms with Crippen LogP contribution in [0.1, 0.15) is 10.4 Å². The number of nitro benzene ring substituents is 1. The van der Waals surface area contributed by atoms with E-state index in [-0.39, 0.29) is 11.5 Å². The van der Waals surface area contributed by atoms with Gasteiger partial charge in [0.25, 0.3) is 5.69 Å². The molecule has 0 bridgehead atoms. The standard InChI is InChI=1S/C14H15N3O3/c1-15-8-10-16(11-9-15)7-6-14(18)12-2-4-13(5-3-12)17(19)20/h2-5H,8-11H2,1H3. The largest absolute Gasteiger partial charge is 0.330 e. The molecule has 0 saturated carbocycles. The smallest absolute Gasteiger partial charge is 0.269 e. The number of hydrogen-bond donors (Lipinski definition) is 0. The minimum Gasteiger partial charge on any atom is -0.330 e. The van der Waals surface area contributed by atoms with E-state index in [1.165, 1.54) is 24.3 Å². The number of nitrogens with zero attached hydrogens (tertiary/aromatic N) is 3. The van der Waals surface area contributed by atoms with E-state index < -0.39 is 4.92 Å². The van der Waals surface area contributed by atoms with Gasteiger partial charge in [-0.15, -0.1) is 0 Å². The Morgan fingerprint density at radius 3 is 2.35 bits per heavy atom. The third-order valence-corrected chi connectivity index (χ3v) is 3.17. The molecule has 1 aliphatic rings. The zero-order valence-electron chi connectivity index (χ0n) is 11.2. The lowest BCUT2D eigenvalue weighted by Crippen LogP contribution is -2.42. The van der Waals surface area contributed by atoms with E-state index in [0.717, 1.165) is 26.2 Å². The summed E-state index contributed by atoms with van der Waals surface area (Å²) in [5.74, 6) is 2.26. The van der Waals surface area contributed by atoms with Gasteiger partial charge in [-0.1, -0.05) is 0 Å². The lowest BCUT2D eigenvalue weighted by atomic mass is 10.1. The predicted octanol–water partition coefficient (Wildman–Crippen LogP) is 0.986. The average Bonchev–Trinajstić information content (AvgIpc) is 2.46. The third-order valence-electron chi connectivity index (χ3n) is 3.17. The molecule has 0 aromatic heterocycles. The molecule has 0 radical (unpaired) electrons. The first-order valence-electron chi connectivity index (χ1n) is 6.30. The molecule has 1 aromatic carbocycles. The number of likely N-dealkylation sites (N-methyl/N-ethyl adjacent to an activating group) is 1. The molecule has 104 valence electrons. The number of nitro groups is 1. The molecule has 0 amide bonds. The van der Waals surface area contributed by atoms with Gasteiger partial charge in [-0.3, -0.25) is 14.9 Å². The summed E-state index contributed by atoms with van der Waals surface area (Å²) < 4.78 is 0. The summed E-state index contributed by atoms with van der Waals surface area (Å²) >= 11 is 0. The van der Waals surface area contributed by atoms with E-state index in [9.17, 15) is 14.9 Å². The van der Waals surface area contributed by atoms with E-state index >= 15 is 0 Å². The van der Waals surface area contributed by atoms with Crippen molar-refractivity contribution in [2.45, 2.75) is 0 Å². The molecule has 1 aromatic rings. The predicted molar refractivity (Wildman–Crippen MR) is 74.3 cm³/mol. The molecule has 6 nitrogen and oxygen atoms in total. The molecule has 2 rings (SSSR count). The summed E-state index contributed by atoms with van der Waals surface area (Å²) in [4.78, 5) is 26.0. The van der Waals surface area contributed by atoms with E-state index in [4.69, 9.17) is 0 Å². The maximum atomic E-state index is 11.9. The molecule has 1 saturated heterocycles. The van der Waals surface area contributed by atoms with Gasteiger partial charge in [0.15, 0.2) is 0 Å². The summed E-state index contributed by atoms with van der Waals surface area (Å²) in [5.41, 5.74) is 0.339. The molecule has 0 unspecified atom stereocenters. The number of Topliss-reactive ketones (excluding diaryl/α,β-unsaturated/α-hetero) is 1. The minimum absolute atomic E-state index is 0.0337. The summed E-state index contributed by atoms with van der Waals surface area (Å²) in [6.45, 7) is 3.49. The van der Waals surface area contributed by atoms with Crippen molar-refractivity contribution in [1.29, 1.82) is 0 Å². The lowest BCUT2D eigenvalue weighted by molar-refractivity contribution is -0.384. The van der Waals surface area contributed by atoms with E-state index in [1.54, 1.807) is 0 Å². The first kappa shape index (κ1) is 14.0. The van der Waals surface area contributed by atoms with Crippen molar-refractivity contribution in [3.8, 4) is 12.0 Å². The zero-order valence-corrected chi connectivity index (χ0v) is 11.2. The number of piperazine rings is 1. The van der Waals surface area contributed by atoms with Crippen LogP contribution in [0.3, 0.4) is 0 Å². The van der Waals surface area contributed by atoms with E-state index in [2.05, 4.69) is 16.9 Å². The highest BCUT2D eigenvalue weighted by Gasteiger charge is 2.11. The van der Waals surface area contributed by atoms with Gasteiger partial charge in [0.1, 0.15) is 0 Å². The second-order valence-corrected chi connectivity index (χ2v) is 4.66. The van der Waals surface area contributed by atoms with Crippen molar-refractivity contribution in [1.82, 2.24) is 9.80 Å². The Morgan fingerprint density at radius 1 is 1.20 bits per heavy atom. The van der Waals surface area contributed by atoms with Gasteiger partial charge in [-0.2, -0.15) is 0 Å². The number of hydrogen-bond acceptors (Lipinski definition) is 5. The molecule has 20 heavy (non-hydrogen) atoms. The molecule has 0 N–H and O–H groups in total. The van der Waals surface area contributed by atoms with Gasteiger partial charge in [-0.05, 0) is 25.1 Å². The fraction of sp³-hybridized carbons (Fsp3) is 0.357. The highest BCUT2D eigenvalue weighted by atomic mass is 16.6. The van der Waals surface area contributed by atoms with Crippen LogP contribution in [0.2, 0.25) is 0 Å². The molecule has 0 spiro atoms. The Hall–Kier alpha value is -2.39. The molecule has 0 atom stereocenters. The van der Waals surface area contributed by atoms with Crippen LogP contribution >= 0.6 is 0 Å². The van der Waals surface area contributed by atoms with Crippen molar-refractivity contribution in [2.75, 3.05) is 33.2 Å². The van der Waals surface area contributed by atoms with Crippen LogP contribution in [0.15, 0.2) is 24.3 Å².